The fraction of sp³-hybridized carbons (Fsp3) is 0.414. The van der Waals surface area contributed by atoms with Gasteiger partial charge < -0.3 is 24.4 Å². The van der Waals surface area contributed by atoms with Crippen molar-refractivity contribution in [2.45, 2.75) is 47.1 Å². The Balaban J connectivity index is 2.07. The zero-order valence-corrected chi connectivity index (χ0v) is 22.2. The molecule has 2 aromatic carbocycles. The average Bonchev–Trinajstić information content (AvgIpc) is 3.13. The van der Waals surface area contributed by atoms with Crippen LogP contribution in [0.5, 0.6) is 11.5 Å². The van der Waals surface area contributed by atoms with Crippen molar-refractivity contribution in [1.29, 1.82) is 0 Å². The van der Waals surface area contributed by atoms with Crippen molar-refractivity contribution in [2.24, 2.45) is 0 Å². The van der Waals surface area contributed by atoms with E-state index < -0.39 is 23.7 Å². The zero-order valence-electron chi connectivity index (χ0n) is 22.2. The van der Waals surface area contributed by atoms with Gasteiger partial charge in [0, 0.05) is 25.6 Å². The number of ether oxygens (including phenoxy) is 2. The molecular formula is C29H36N2O6. The third-order valence-corrected chi connectivity index (χ3v) is 6.46. The number of aliphatic hydroxyl groups excluding tert-OH is 1. The Morgan fingerprint density at radius 2 is 1.73 bits per heavy atom. The molecule has 0 aromatic heterocycles. The Bertz CT molecular complexity index is 1170. The van der Waals surface area contributed by atoms with Crippen LogP contribution in [-0.2, 0) is 14.4 Å². The van der Waals surface area contributed by atoms with Gasteiger partial charge in [-0.1, -0.05) is 32.9 Å². The molecule has 0 spiro atoms. The summed E-state index contributed by atoms with van der Waals surface area (Å²) in [7, 11) is 0. The lowest BCUT2D eigenvalue weighted by molar-refractivity contribution is -0.140. The second kappa shape index (κ2) is 12.5. The van der Waals surface area contributed by atoms with Gasteiger partial charge in [0.25, 0.3) is 11.7 Å². The molecule has 8 heteroatoms. The van der Waals surface area contributed by atoms with Crippen LogP contribution in [0, 0.1) is 6.92 Å². The van der Waals surface area contributed by atoms with Crippen molar-refractivity contribution < 1.29 is 29.0 Å². The number of rotatable bonds is 11. The van der Waals surface area contributed by atoms with E-state index in [9.17, 15) is 19.5 Å². The number of aryl methyl sites for hydroxylation is 1. The fourth-order valence-corrected chi connectivity index (χ4v) is 4.46. The SMILES string of the molecule is CCCOc1ccc(/C(O)=C2/C(=O)C(=O)N(CCN(CC)CC)C2c2ccc(OC(C)=O)cc2)cc1C. The molecule has 1 heterocycles. The van der Waals surface area contributed by atoms with Gasteiger partial charge in [0.05, 0.1) is 18.2 Å². The van der Waals surface area contributed by atoms with Crippen molar-refractivity contribution in [2.75, 3.05) is 32.8 Å². The van der Waals surface area contributed by atoms with Crippen LogP contribution in [0.4, 0.5) is 0 Å². The predicted molar refractivity (Wildman–Crippen MR) is 142 cm³/mol. The Morgan fingerprint density at radius 3 is 2.30 bits per heavy atom. The number of likely N-dealkylation sites (tertiary alicyclic amines) is 1. The molecule has 1 aliphatic rings. The minimum Gasteiger partial charge on any atom is -0.507 e. The van der Waals surface area contributed by atoms with Crippen LogP contribution >= 0.6 is 0 Å². The summed E-state index contributed by atoms with van der Waals surface area (Å²) in [6.07, 6.45) is 0.869. The molecule has 8 nitrogen and oxygen atoms in total. The lowest BCUT2D eigenvalue weighted by Crippen LogP contribution is -2.38. The number of hydrogen-bond donors (Lipinski definition) is 1. The number of benzene rings is 2. The number of amides is 1. The third-order valence-electron chi connectivity index (χ3n) is 6.46. The van der Waals surface area contributed by atoms with Crippen LogP contribution in [-0.4, -0.2) is 65.4 Å². The molecule has 1 fully saturated rings. The van der Waals surface area contributed by atoms with Gasteiger partial charge in [-0.3, -0.25) is 14.4 Å². The number of nitrogens with zero attached hydrogens (tertiary/aromatic N) is 2. The minimum atomic E-state index is -0.779. The van der Waals surface area contributed by atoms with Gasteiger partial charge in [0.15, 0.2) is 0 Å². The van der Waals surface area contributed by atoms with Gasteiger partial charge >= 0.3 is 5.97 Å². The second-order valence-electron chi connectivity index (χ2n) is 9.01. The van der Waals surface area contributed by atoms with Crippen LogP contribution in [0.25, 0.3) is 5.76 Å². The van der Waals surface area contributed by atoms with Crippen molar-refractivity contribution >= 4 is 23.4 Å². The number of likely N-dealkylation sites (N-methyl/N-ethyl adjacent to an activating group) is 1. The first-order chi connectivity index (χ1) is 17.7. The molecule has 0 aliphatic carbocycles. The highest BCUT2D eigenvalue weighted by Gasteiger charge is 2.46. The molecule has 1 N–H and O–H groups in total. The summed E-state index contributed by atoms with van der Waals surface area (Å²) < 4.78 is 10.9. The summed E-state index contributed by atoms with van der Waals surface area (Å²) in [5.74, 6) is -0.995. The zero-order chi connectivity index (χ0) is 27.1. The first-order valence-electron chi connectivity index (χ1n) is 12.7. The molecule has 1 saturated heterocycles. The minimum absolute atomic E-state index is 0.0337. The Morgan fingerprint density at radius 1 is 1.05 bits per heavy atom. The maximum absolute atomic E-state index is 13.3. The smallest absolute Gasteiger partial charge is 0.308 e. The van der Waals surface area contributed by atoms with Crippen molar-refractivity contribution in [1.82, 2.24) is 9.80 Å². The molecule has 2 aromatic rings. The van der Waals surface area contributed by atoms with E-state index in [1.54, 1.807) is 42.5 Å². The molecule has 3 rings (SSSR count). The number of carbonyl (C=O) groups is 3. The first kappa shape index (κ1) is 27.9. The molecule has 1 aliphatic heterocycles. The number of ketones is 1. The Hall–Kier alpha value is -3.65. The highest BCUT2D eigenvalue weighted by molar-refractivity contribution is 6.46. The predicted octanol–water partition coefficient (Wildman–Crippen LogP) is 4.47. The topological polar surface area (TPSA) is 96.4 Å². The largest absolute Gasteiger partial charge is 0.507 e. The second-order valence-corrected chi connectivity index (χ2v) is 9.01. The molecule has 1 atom stereocenters. The fourth-order valence-electron chi connectivity index (χ4n) is 4.46. The molecule has 0 saturated carbocycles. The first-order valence-corrected chi connectivity index (χ1v) is 12.7. The van der Waals surface area contributed by atoms with E-state index in [1.807, 2.05) is 27.7 Å². The Kier molecular flexibility index (Phi) is 9.47. The summed E-state index contributed by atoms with van der Waals surface area (Å²) in [5, 5.41) is 11.4. The molecule has 1 unspecified atom stereocenters. The van der Waals surface area contributed by atoms with Gasteiger partial charge in [-0.15, -0.1) is 0 Å². The normalized spacial score (nSPS) is 16.9. The molecule has 0 bridgehead atoms. The van der Waals surface area contributed by atoms with E-state index in [0.29, 0.717) is 42.3 Å². The molecule has 1 amide bonds. The van der Waals surface area contributed by atoms with Gasteiger partial charge in [-0.05, 0) is 67.9 Å². The Labute approximate surface area is 218 Å². The molecule has 198 valence electrons. The monoisotopic (exact) mass is 508 g/mol. The summed E-state index contributed by atoms with van der Waals surface area (Å²) in [6, 6.07) is 11.1. The summed E-state index contributed by atoms with van der Waals surface area (Å²) in [4.78, 5) is 41.5. The number of carbonyl (C=O) groups excluding carboxylic acids is 3. The highest BCUT2D eigenvalue weighted by Crippen LogP contribution is 2.40. The van der Waals surface area contributed by atoms with Gasteiger partial charge in [-0.25, -0.2) is 0 Å². The van der Waals surface area contributed by atoms with Gasteiger partial charge in [0.1, 0.15) is 17.3 Å². The number of hydrogen-bond acceptors (Lipinski definition) is 7. The maximum atomic E-state index is 13.3. The van der Waals surface area contributed by atoms with Gasteiger partial charge in [0.2, 0.25) is 0 Å². The number of esters is 1. The summed E-state index contributed by atoms with van der Waals surface area (Å²) in [6.45, 7) is 12.4. The number of Topliss-reactive ketones (excluding diaryl/α,β-unsaturated/α-hetero) is 1. The lowest BCUT2D eigenvalue weighted by atomic mass is 9.94. The lowest BCUT2D eigenvalue weighted by Gasteiger charge is -2.28. The molecular weight excluding hydrogens is 472 g/mol. The van der Waals surface area contributed by atoms with E-state index >= 15 is 0 Å². The van der Waals surface area contributed by atoms with E-state index in [-0.39, 0.29) is 11.3 Å². The van der Waals surface area contributed by atoms with E-state index in [4.69, 9.17) is 9.47 Å². The average molecular weight is 509 g/mol. The number of aliphatic hydroxyl groups is 1. The molecule has 37 heavy (non-hydrogen) atoms. The maximum Gasteiger partial charge on any atom is 0.308 e. The van der Waals surface area contributed by atoms with Crippen molar-refractivity contribution in [3.63, 3.8) is 0 Å². The van der Waals surface area contributed by atoms with Crippen molar-refractivity contribution in [3.05, 3.63) is 64.7 Å². The third kappa shape index (κ3) is 6.38. The van der Waals surface area contributed by atoms with Crippen LogP contribution in [0.3, 0.4) is 0 Å². The van der Waals surface area contributed by atoms with Gasteiger partial charge in [-0.2, -0.15) is 0 Å². The highest BCUT2D eigenvalue weighted by atomic mass is 16.5. The molecule has 0 radical (unpaired) electrons. The standard InChI is InChI=1S/C29H36N2O6/c1-6-17-36-24-14-11-22(18-19(24)4)27(33)25-26(21-9-12-23(13-10-21)37-20(5)32)31(29(35)28(25)34)16-15-30(7-2)8-3/h9-14,18,26,33H,6-8,15-17H2,1-5H3/b27-25-. The van der Waals surface area contributed by atoms with Crippen LogP contribution in [0.15, 0.2) is 48.0 Å². The quantitative estimate of drug-likeness (QED) is 0.157. The summed E-state index contributed by atoms with van der Waals surface area (Å²) >= 11 is 0. The van der Waals surface area contributed by atoms with E-state index in [0.717, 1.165) is 25.1 Å². The summed E-state index contributed by atoms with van der Waals surface area (Å²) in [5.41, 5.74) is 1.92. The van der Waals surface area contributed by atoms with Crippen LogP contribution < -0.4 is 9.47 Å². The van der Waals surface area contributed by atoms with Crippen LogP contribution in [0.1, 0.15) is 56.8 Å². The van der Waals surface area contributed by atoms with Crippen molar-refractivity contribution in [3.8, 4) is 11.5 Å². The van der Waals surface area contributed by atoms with E-state index in [1.165, 1.54) is 11.8 Å². The van der Waals surface area contributed by atoms with Crippen LogP contribution in [0.2, 0.25) is 0 Å². The van der Waals surface area contributed by atoms with E-state index in [2.05, 4.69) is 4.90 Å².